The van der Waals surface area contributed by atoms with Gasteiger partial charge in [0.2, 0.25) is 0 Å². The van der Waals surface area contributed by atoms with Gasteiger partial charge in [0, 0.05) is 0 Å². The van der Waals surface area contributed by atoms with E-state index >= 15 is 0 Å². The summed E-state index contributed by atoms with van der Waals surface area (Å²) in [6.07, 6.45) is 0. The minimum atomic E-state index is 0.136. The number of aromatic nitrogens is 4. The number of rotatable bonds is 2. The SMILES string of the molecule is COc1ccc(-n2nnnc2C#N)cc1Br. The topological polar surface area (TPSA) is 76.6 Å². The second-order valence-electron chi connectivity index (χ2n) is 2.84. The Hall–Kier alpha value is -1.94. The number of tetrazole rings is 1. The van der Waals surface area contributed by atoms with Gasteiger partial charge >= 0.3 is 0 Å². The van der Waals surface area contributed by atoms with Crippen molar-refractivity contribution in [1.29, 1.82) is 5.26 Å². The van der Waals surface area contributed by atoms with Crippen LogP contribution in [0.25, 0.3) is 5.69 Å². The molecule has 0 aliphatic rings. The Morgan fingerprint density at radius 2 is 2.31 bits per heavy atom. The van der Waals surface area contributed by atoms with Gasteiger partial charge in [0.05, 0.1) is 17.3 Å². The van der Waals surface area contributed by atoms with E-state index in [1.54, 1.807) is 25.3 Å². The molecule has 16 heavy (non-hydrogen) atoms. The highest BCUT2D eigenvalue weighted by Gasteiger charge is 2.09. The predicted octanol–water partition coefficient (Wildman–Crippen LogP) is 1.31. The Bertz CT molecular complexity index is 559. The fourth-order valence-corrected chi connectivity index (χ4v) is 1.75. The van der Waals surface area contributed by atoms with Crippen LogP contribution in [0.15, 0.2) is 22.7 Å². The molecule has 0 radical (unpaired) electrons. The summed E-state index contributed by atoms with van der Waals surface area (Å²) in [4.78, 5) is 0. The first-order chi connectivity index (χ1) is 7.76. The van der Waals surface area contributed by atoms with Gasteiger partial charge in [-0.15, -0.1) is 0 Å². The average molecular weight is 280 g/mol. The molecule has 0 spiro atoms. The third-order valence-corrected chi connectivity index (χ3v) is 2.57. The van der Waals surface area contributed by atoms with Gasteiger partial charge in [0.1, 0.15) is 11.8 Å². The van der Waals surface area contributed by atoms with E-state index in [2.05, 4.69) is 31.5 Å². The van der Waals surface area contributed by atoms with Gasteiger partial charge in [-0.1, -0.05) is 5.10 Å². The standard InChI is InChI=1S/C9H6BrN5O/c1-16-8-3-2-6(4-7(8)10)15-9(5-11)12-13-14-15/h2-4H,1H3. The second-order valence-corrected chi connectivity index (χ2v) is 3.70. The molecule has 0 saturated heterocycles. The summed E-state index contributed by atoms with van der Waals surface area (Å²) in [6, 6.07) is 7.21. The fraction of sp³-hybridized carbons (Fsp3) is 0.111. The molecule has 1 aromatic carbocycles. The summed E-state index contributed by atoms with van der Waals surface area (Å²) in [5.74, 6) is 0.840. The summed E-state index contributed by atoms with van der Waals surface area (Å²) in [6.45, 7) is 0. The number of methoxy groups -OCH3 is 1. The zero-order chi connectivity index (χ0) is 11.5. The lowest BCUT2D eigenvalue weighted by atomic mass is 10.3. The van der Waals surface area contributed by atoms with E-state index in [-0.39, 0.29) is 5.82 Å². The number of hydrogen-bond donors (Lipinski definition) is 0. The van der Waals surface area contributed by atoms with Crippen LogP contribution in [0, 0.1) is 11.3 Å². The molecule has 2 aromatic rings. The van der Waals surface area contributed by atoms with Crippen LogP contribution >= 0.6 is 15.9 Å². The Balaban J connectivity index is 2.50. The lowest BCUT2D eigenvalue weighted by molar-refractivity contribution is 0.412. The maximum absolute atomic E-state index is 8.79. The molecule has 0 unspecified atom stereocenters. The highest BCUT2D eigenvalue weighted by atomic mass is 79.9. The smallest absolute Gasteiger partial charge is 0.257 e. The lowest BCUT2D eigenvalue weighted by Gasteiger charge is -2.05. The quantitative estimate of drug-likeness (QED) is 0.828. The van der Waals surface area contributed by atoms with Crippen LogP contribution in [-0.2, 0) is 0 Å². The number of ether oxygens (including phenoxy) is 1. The molecule has 7 heteroatoms. The lowest BCUT2D eigenvalue weighted by Crippen LogP contribution is -2.00. The normalized spacial score (nSPS) is 9.81. The number of nitrogens with zero attached hydrogens (tertiary/aromatic N) is 5. The van der Waals surface area contributed by atoms with E-state index in [0.717, 1.165) is 4.47 Å². The van der Waals surface area contributed by atoms with Gasteiger partial charge < -0.3 is 4.74 Å². The van der Waals surface area contributed by atoms with E-state index < -0.39 is 0 Å². The van der Waals surface area contributed by atoms with Gasteiger partial charge in [-0.3, -0.25) is 0 Å². The first-order valence-electron chi connectivity index (χ1n) is 4.28. The number of nitriles is 1. The molecular weight excluding hydrogens is 274 g/mol. The van der Waals surface area contributed by atoms with Crippen LogP contribution < -0.4 is 4.74 Å². The van der Waals surface area contributed by atoms with Crippen LogP contribution in [0.4, 0.5) is 0 Å². The Kier molecular flexibility index (Phi) is 2.83. The van der Waals surface area contributed by atoms with Crippen molar-refractivity contribution in [1.82, 2.24) is 20.2 Å². The summed E-state index contributed by atoms with van der Waals surface area (Å²) >= 11 is 3.35. The number of halogens is 1. The molecule has 80 valence electrons. The highest BCUT2D eigenvalue weighted by molar-refractivity contribution is 9.10. The van der Waals surface area contributed by atoms with Crippen LogP contribution in [0.3, 0.4) is 0 Å². The van der Waals surface area contributed by atoms with Crippen molar-refractivity contribution in [2.75, 3.05) is 7.11 Å². The highest BCUT2D eigenvalue weighted by Crippen LogP contribution is 2.26. The third-order valence-electron chi connectivity index (χ3n) is 1.95. The molecule has 1 heterocycles. The van der Waals surface area contributed by atoms with Crippen molar-refractivity contribution in [3.63, 3.8) is 0 Å². The van der Waals surface area contributed by atoms with E-state index in [9.17, 15) is 0 Å². The molecule has 1 aromatic heterocycles. The van der Waals surface area contributed by atoms with E-state index in [1.165, 1.54) is 4.68 Å². The van der Waals surface area contributed by atoms with Gasteiger partial charge in [-0.25, -0.2) is 0 Å². The Morgan fingerprint density at radius 3 is 2.94 bits per heavy atom. The molecule has 0 fully saturated rings. The van der Waals surface area contributed by atoms with Crippen molar-refractivity contribution in [2.24, 2.45) is 0 Å². The van der Waals surface area contributed by atoms with Gasteiger partial charge in [-0.2, -0.15) is 9.94 Å². The summed E-state index contributed by atoms with van der Waals surface area (Å²) in [5.41, 5.74) is 0.689. The molecule has 2 rings (SSSR count). The summed E-state index contributed by atoms with van der Waals surface area (Å²) in [7, 11) is 1.58. The third kappa shape index (κ3) is 1.75. The van der Waals surface area contributed by atoms with E-state index in [1.807, 2.05) is 6.07 Å². The Labute approximate surface area is 99.6 Å². The molecule has 6 nitrogen and oxygen atoms in total. The zero-order valence-electron chi connectivity index (χ0n) is 8.25. The number of benzene rings is 1. The van der Waals surface area contributed by atoms with Crippen molar-refractivity contribution in [3.8, 4) is 17.5 Å². The van der Waals surface area contributed by atoms with Crippen molar-refractivity contribution >= 4 is 15.9 Å². The van der Waals surface area contributed by atoms with Crippen LogP contribution in [0.2, 0.25) is 0 Å². The second kappa shape index (κ2) is 4.28. The van der Waals surface area contributed by atoms with Gasteiger partial charge in [0.25, 0.3) is 5.82 Å². The monoisotopic (exact) mass is 279 g/mol. The average Bonchev–Trinajstić information content (AvgIpc) is 2.77. The summed E-state index contributed by atoms with van der Waals surface area (Å²) < 4.78 is 7.22. The van der Waals surface area contributed by atoms with Gasteiger partial charge in [-0.05, 0) is 44.6 Å². The minimum absolute atomic E-state index is 0.136. The van der Waals surface area contributed by atoms with Crippen molar-refractivity contribution < 1.29 is 4.74 Å². The molecule has 0 saturated carbocycles. The predicted molar refractivity (Wildman–Crippen MR) is 58.1 cm³/mol. The molecule has 0 amide bonds. The van der Waals surface area contributed by atoms with E-state index in [0.29, 0.717) is 11.4 Å². The molecule has 0 atom stereocenters. The van der Waals surface area contributed by atoms with Crippen molar-refractivity contribution in [2.45, 2.75) is 0 Å². The van der Waals surface area contributed by atoms with Crippen molar-refractivity contribution in [3.05, 3.63) is 28.5 Å². The fourth-order valence-electron chi connectivity index (χ4n) is 1.22. The number of hydrogen-bond acceptors (Lipinski definition) is 5. The van der Waals surface area contributed by atoms with Crippen LogP contribution in [-0.4, -0.2) is 27.3 Å². The van der Waals surface area contributed by atoms with Gasteiger partial charge in [0.15, 0.2) is 0 Å². The maximum Gasteiger partial charge on any atom is 0.257 e. The van der Waals surface area contributed by atoms with Crippen LogP contribution in [0.5, 0.6) is 5.75 Å². The maximum atomic E-state index is 8.79. The molecule has 0 aliphatic heterocycles. The Morgan fingerprint density at radius 1 is 1.50 bits per heavy atom. The van der Waals surface area contributed by atoms with Crippen LogP contribution in [0.1, 0.15) is 5.82 Å². The first kappa shape index (κ1) is 10.6. The zero-order valence-corrected chi connectivity index (χ0v) is 9.84. The first-order valence-corrected chi connectivity index (χ1v) is 5.08. The largest absolute Gasteiger partial charge is 0.496 e. The minimum Gasteiger partial charge on any atom is -0.496 e. The molecule has 0 aliphatic carbocycles. The summed E-state index contributed by atoms with van der Waals surface area (Å²) in [5, 5.41) is 19.5. The molecule has 0 N–H and O–H groups in total. The van der Waals surface area contributed by atoms with E-state index in [4.69, 9.17) is 10.00 Å². The molecular formula is C9H6BrN5O. The molecule has 0 bridgehead atoms.